The summed E-state index contributed by atoms with van der Waals surface area (Å²) in [6.07, 6.45) is 3.08. The highest BCUT2D eigenvalue weighted by molar-refractivity contribution is 5.77. The fourth-order valence-electron chi connectivity index (χ4n) is 4.56. The van der Waals surface area contributed by atoms with Crippen molar-refractivity contribution in [1.29, 1.82) is 0 Å². The van der Waals surface area contributed by atoms with Crippen LogP contribution in [0.3, 0.4) is 0 Å². The Morgan fingerprint density at radius 1 is 1.00 bits per heavy atom. The van der Waals surface area contributed by atoms with Crippen molar-refractivity contribution in [3.8, 4) is 5.75 Å². The lowest BCUT2D eigenvalue weighted by Gasteiger charge is -2.41. The molecule has 2 aliphatic heterocycles. The minimum atomic E-state index is -0.273. The van der Waals surface area contributed by atoms with Gasteiger partial charge in [0.1, 0.15) is 11.9 Å². The van der Waals surface area contributed by atoms with Crippen molar-refractivity contribution in [2.45, 2.75) is 38.0 Å². The number of hydrogen-bond donors (Lipinski definition) is 1. The molecule has 166 valence electrons. The zero-order chi connectivity index (χ0) is 21.5. The van der Waals surface area contributed by atoms with Gasteiger partial charge in [-0.05, 0) is 30.9 Å². The van der Waals surface area contributed by atoms with E-state index in [2.05, 4.69) is 17.0 Å². The maximum absolute atomic E-state index is 12.5. The first kappa shape index (κ1) is 21.8. The number of amides is 1. The highest BCUT2D eigenvalue weighted by Gasteiger charge is 2.33. The van der Waals surface area contributed by atoms with E-state index < -0.39 is 0 Å². The van der Waals surface area contributed by atoms with Crippen LogP contribution in [0.5, 0.6) is 5.75 Å². The van der Waals surface area contributed by atoms with Crippen LogP contribution in [0.2, 0.25) is 0 Å². The van der Waals surface area contributed by atoms with Gasteiger partial charge >= 0.3 is 0 Å². The Balaban J connectivity index is 1.47. The molecule has 6 heteroatoms. The van der Waals surface area contributed by atoms with Crippen LogP contribution in [0, 0.1) is 0 Å². The van der Waals surface area contributed by atoms with Crippen LogP contribution in [0.4, 0.5) is 0 Å². The fourth-order valence-corrected chi connectivity index (χ4v) is 4.56. The summed E-state index contributed by atoms with van der Waals surface area (Å²) in [4.78, 5) is 16.8. The van der Waals surface area contributed by atoms with Crippen molar-refractivity contribution >= 4 is 5.91 Å². The van der Waals surface area contributed by atoms with Crippen LogP contribution in [0.25, 0.3) is 0 Å². The molecule has 31 heavy (non-hydrogen) atoms. The van der Waals surface area contributed by atoms with Gasteiger partial charge in [0.2, 0.25) is 0 Å². The molecule has 1 N–H and O–H groups in total. The average molecular weight is 425 g/mol. The summed E-state index contributed by atoms with van der Waals surface area (Å²) in [5.41, 5.74) is 2.16. The van der Waals surface area contributed by atoms with Crippen LogP contribution in [-0.4, -0.2) is 66.4 Å². The number of piperidine rings is 1. The Morgan fingerprint density at radius 2 is 1.74 bits per heavy atom. The second-order valence-electron chi connectivity index (χ2n) is 8.26. The van der Waals surface area contributed by atoms with Gasteiger partial charge in [0.15, 0.2) is 6.61 Å². The maximum atomic E-state index is 12.5. The summed E-state index contributed by atoms with van der Waals surface area (Å²) in [7, 11) is 0. The number of carbonyl (C=O) groups is 1. The van der Waals surface area contributed by atoms with Crippen LogP contribution in [0.1, 0.15) is 36.4 Å². The van der Waals surface area contributed by atoms with E-state index in [1.807, 2.05) is 47.4 Å². The molecule has 2 fully saturated rings. The van der Waals surface area contributed by atoms with Gasteiger partial charge < -0.3 is 19.5 Å². The van der Waals surface area contributed by atoms with Gasteiger partial charge in [0.05, 0.1) is 19.3 Å². The first-order valence-electron chi connectivity index (χ1n) is 11.3. The van der Waals surface area contributed by atoms with Crippen molar-refractivity contribution in [1.82, 2.24) is 9.80 Å². The zero-order valence-corrected chi connectivity index (χ0v) is 18.0. The molecule has 2 aromatic rings. The molecule has 2 aromatic carbocycles. The number of benzene rings is 2. The van der Waals surface area contributed by atoms with Crippen LogP contribution in [-0.2, 0) is 16.1 Å². The number of ether oxygens (including phenoxy) is 2. The van der Waals surface area contributed by atoms with Crippen molar-refractivity contribution in [2.75, 3.05) is 39.5 Å². The van der Waals surface area contributed by atoms with Gasteiger partial charge in [-0.15, -0.1) is 0 Å². The zero-order valence-electron chi connectivity index (χ0n) is 18.0. The highest BCUT2D eigenvalue weighted by atomic mass is 16.5. The smallest absolute Gasteiger partial charge is 0.260 e. The first-order valence-corrected chi connectivity index (χ1v) is 11.3. The number of hydrogen-bond acceptors (Lipinski definition) is 5. The standard InChI is InChI=1S/C25H32N2O4/c28-18-23-25(20-9-3-1-4-10-20)27(15-16-30-23)17-21-11-5-6-12-22(21)31-19-24(29)26-13-7-2-8-14-26/h1,3-6,9-12,23,25,28H,2,7-8,13-19H2/t23-,25-/m1/s1. The van der Waals surface area contributed by atoms with E-state index in [9.17, 15) is 9.90 Å². The third-order valence-corrected chi connectivity index (χ3v) is 6.18. The molecule has 6 nitrogen and oxygen atoms in total. The van der Waals surface area contributed by atoms with Gasteiger partial charge in [0.25, 0.3) is 5.91 Å². The van der Waals surface area contributed by atoms with E-state index in [4.69, 9.17) is 9.47 Å². The van der Waals surface area contributed by atoms with Crippen molar-refractivity contribution < 1.29 is 19.4 Å². The van der Waals surface area contributed by atoms with Gasteiger partial charge in [-0.3, -0.25) is 9.69 Å². The van der Waals surface area contributed by atoms with Gasteiger partial charge in [-0.2, -0.15) is 0 Å². The van der Waals surface area contributed by atoms with Crippen LogP contribution in [0.15, 0.2) is 54.6 Å². The Labute approximate surface area is 184 Å². The predicted octanol–water partition coefficient (Wildman–Crippen LogP) is 3.01. The molecule has 0 radical (unpaired) electrons. The predicted molar refractivity (Wildman–Crippen MR) is 119 cm³/mol. The number of rotatable bonds is 7. The van der Waals surface area contributed by atoms with Gasteiger partial charge in [-0.1, -0.05) is 48.5 Å². The Morgan fingerprint density at radius 3 is 2.52 bits per heavy atom. The maximum Gasteiger partial charge on any atom is 0.260 e. The SMILES string of the molecule is O=C(COc1ccccc1CN1CCO[C@H](CO)[C@H]1c1ccccc1)N1CCCCC1. The summed E-state index contributed by atoms with van der Waals surface area (Å²) in [5, 5.41) is 9.91. The molecule has 4 rings (SSSR count). The molecule has 2 heterocycles. The van der Waals surface area contributed by atoms with Crippen molar-refractivity contribution in [3.63, 3.8) is 0 Å². The third kappa shape index (κ3) is 5.45. The molecule has 0 spiro atoms. The van der Waals surface area contributed by atoms with Gasteiger partial charge in [-0.25, -0.2) is 0 Å². The van der Waals surface area contributed by atoms with Crippen LogP contribution >= 0.6 is 0 Å². The number of nitrogens with zero attached hydrogens (tertiary/aromatic N) is 2. The molecule has 0 saturated carbocycles. The Hall–Kier alpha value is -2.41. The number of para-hydroxylation sites is 1. The minimum absolute atomic E-state index is 0.0292. The third-order valence-electron chi connectivity index (χ3n) is 6.18. The first-order chi connectivity index (χ1) is 15.3. The topological polar surface area (TPSA) is 62.2 Å². The van der Waals surface area contributed by atoms with E-state index in [-0.39, 0.29) is 31.3 Å². The summed E-state index contributed by atoms with van der Waals surface area (Å²) < 4.78 is 11.9. The van der Waals surface area contributed by atoms with Crippen molar-refractivity contribution in [2.24, 2.45) is 0 Å². The van der Waals surface area contributed by atoms with E-state index in [1.54, 1.807) is 0 Å². The van der Waals surface area contributed by atoms with Crippen LogP contribution < -0.4 is 4.74 Å². The number of likely N-dealkylation sites (tertiary alicyclic amines) is 1. The molecule has 1 amide bonds. The summed E-state index contributed by atoms with van der Waals surface area (Å²) in [6.45, 7) is 3.70. The molecule has 2 aliphatic rings. The lowest BCUT2D eigenvalue weighted by Crippen LogP contribution is -2.46. The van der Waals surface area contributed by atoms with Gasteiger partial charge in [0, 0.05) is 31.7 Å². The second-order valence-corrected chi connectivity index (χ2v) is 8.26. The molecular weight excluding hydrogens is 392 g/mol. The summed E-state index contributed by atoms with van der Waals surface area (Å²) in [5.74, 6) is 0.801. The quantitative estimate of drug-likeness (QED) is 0.740. The molecule has 2 atom stereocenters. The molecule has 0 bridgehead atoms. The average Bonchev–Trinajstić information content (AvgIpc) is 2.84. The number of aliphatic hydroxyl groups excluding tert-OH is 1. The minimum Gasteiger partial charge on any atom is -0.483 e. The molecular formula is C25H32N2O4. The Bertz CT molecular complexity index is 838. The number of carbonyl (C=O) groups excluding carboxylic acids is 1. The number of morpholine rings is 1. The largest absolute Gasteiger partial charge is 0.483 e. The second kappa shape index (κ2) is 10.8. The molecule has 0 aliphatic carbocycles. The monoisotopic (exact) mass is 424 g/mol. The fraction of sp³-hybridized carbons (Fsp3) is 0.480. The molecule has 0 unspecified atom stereocenters. The summed E-state index contributed by atoms with van der Waals surface area (Å²) >= 11 is 0. The van der Waals surface area contributed by atoms with E-state index in [0.29, 0.717) is 13.2 Å². The normalized spacial score (nSPS) is 22.3. The summed E-state index contributed by atoms with van der Waals surface area (Å²) in [6, 6.07) is 18.1. The highest BCUT2D eigenvalue weighted by Crippen LogP contribution is 2.32. The molecule has 2 saturated heterocycles. The van der Waals surface area contributed by atoms with E-state index in [1.165, 1.54) is 6.42 Å². The Kier molecular flexibility index (Phi) is 7.57. The van der Waals surface area contributed by atoms with E-state index in [0.717, 1.165) is 49.4 Å². The lowest BCUT2D eigenvalue weighted by molar-refractivity contribution is -0.134. The van der Waals surface area contributed by atoms with Crippen molar-refractivity contribution in [3.05, 3.63) is 65.7 Å². The van der Waals surface area contributed by atoms with E-state index >= 15 is 0 Å². The number of aliphatic hydroxyl groups is 1. The molecule has 0 aromatic heterocycles. The lowest BCUT2D eigenvalue weighted by atomic mass is 9.97.